The van der Waals surface area contributed by atoms with E-state index in [0.717, 1.165) is 42.7 Å². The number of thiazole rings is 1. The highest BCUT2D eigenvalue weighted by molar-refractivity contribution is 7.92. The van der Waals surface area contributed by atoms with E-state index in [1.54, 1.807) is 19.1 Å². The van der Waals surface area contributed by atoms with Gasteiger partial charge in [-0.15, -0.1) is 0 Å². The minimum Gasteiger partial charge on any atom is -0.495 e. The number of rotatable bonds is 7. The number of nitrogens with one attached hydrogen (secondary N) is 2. The molecule has 1 saturated carbocycles. The largest absolute Gasteiger partial charge is 0.495 e. The zero-order valence-electron chi connectivity index (χ0n) is 18.5. The van der Waals surface area contributed by atoms with Gasteiger partial charge in [-0.05, 0) is 61.7 Å². The van der Waals surface area contributed by atoms with Gasteiger partial charge in [0.15, 0.2) is 5.13 Å². The van der Waals surface area contributed by atoms with Gasteiger partial charge in [0.1, 0.15) is 16.5 Å². The van der Waals surface area contributed by atoms with Gasteiger partial charge in [-0.25, -0.2) is 17.8 Å². The quantitative estimate of drug-likeness (QED) is 0.405. The van der Waals surface area contributed by atoms with Crippen LogP contribution in [0.4, 0.5) is 15.2 Å². The number of amides is 1. The zero-order chi connectivity index (χ0) is 24.5. The Morgan fingerprint density at radius 1 is 1.21 bits per heavy atom. The molecule has 0 atom stereocenters. The lowest BCUT2D eigenvalue weighted by Gasteiger charge is -2.14. The van der Waals surface area contributed by atoms with Crippen LogP contribution in [0.5, 0.6) is 5.75 Å². The summed E-state index contributed by atoms with van der Waals surface area (Å²) in [5.41, 5.74) is 1.30. The van der Waals surface area contributed by atoms with E-state index >= 15 is 0 Å². The van der Waals surface area contributed by atoms with Crippen molar-refractivity contribution in [3.8, 4) is 16.2 Å². The standard InChI is InChI=1S/C23H23ClFN3O4S2/c1-13-21(33-23(26-13)27-22(29)14-5-3-4-6-14)15-7-10-19(32-2)20(11-15)34(30,31)28-18-9-8-16(25)12-17(18)24/h7-12,14,28H,3-6H2,1-2H3,(H,26,27,29). The number of sulfonamides is 1. The van der Waals surface area contributed by atoms with Gasteiger partial charge in [0.25, 0.3) is 10.0 Å². The average molecular weight is 524 g/mol. The molecule has 0 saturated heterocycles. The van der Waals surface area contributed by atoms with Crippen molar-refractivity contribution < 1.29 is 22.3 Å². The van der Waals surface area contributed by atoms with E-state index in [1.807, 2.05) is 0 Å². The number of halogens is 2. The van der Waals surface area contributed by atoms with Gasteiger partial charge >= 0.3 is 0 Å². The molecule has 0 unspecified atom stereocenters. The topological polar surface area (TPSA) is 97.4 Å². The molecule has 4 rings (SSSR count). The average Bonchev–Trinajstić information content (AvgIpc) is 3.45. The summed E-state index contributed by atoms with van der Waals surface area (Å²) in [6.07, 6.45) is 3.88. The molecule has 2 N–H and O–H groups in total. The van der Waals surface area contributed by atoms with Crippen LogP contribution in [-0.4, -0.2) is 26.4 Å². The summed E-state index contributed by atoms with van der Waals surface area (Å²) >= 11 is 7.28. The number of hydrogen-bond donors (Lipinski definition) is 2. The molecular weight excluding hydrogens is 501 g/mol. The summed E-state index contributed by atoms with van der Waals surface area (Å²) in [5.74, 6) is -0.471. The number of methoxy groups -OCH3 is 1. The van der Waals surface area contributed by atoms with E-state index < -0.39 is 15.8 Å². The molecule has 34 heavy (non-hydrogen) atoms. The van der Waals surface area contributed by atoms with Gasteiger partial charge in [-0.1, -0.05) is 35.8 Å². The molecule has 3 aromatic rings. The first-order valence-electron chi connectivity index (χ1n) is 10.6. The third-order valence-corrected chi connectivity index (χ3v) is 8.46. The Morgan fingerprint density at radius 3 is 2.62 bits per heavy atom. The third-order valence-electron chi connectivity index (χ3n) is 5.64. The van der Waals surface area contributed by atoms with Crippen LogP contribution in [0.2, 0.25) is 5.02 Å². The van der Waals surface area contributed by atoms with Crippen molar-refractivity contribution in [2.75, 3.05) is 17.1 Å². The number of aryl methyl sites for hydroxylation is 1. The van der Waals surface area contributed by atoms with Crippen molar-refractivity contribution in [1.82, 2.24) is 4.98 Å². The fourth-order valence-corrected chi connectivity index (χ4v) is 6.43. The Kier molecular flexibility index (Phi) is 7.11. The zero-order valence-corrected chi connectivity index (χ0v) is 20.9. The Balaban J connectivity index is 1.65. The maximum Gasteiger partial charge on any atom is 0.265 e. The molecule has 0 bridgehead atoms. The van der Waals surface area contributed by atoms with E-state index in [4.69, 9.17) is 16.3 Å². The minimum atomic E-state index is -4.13. The van der Waals surface area contributed by atoms with E-state index in [0.29, 0.717) is 16.4 Å². The van der Waals surface area contributed by atoms with Crippen LogP contribution in [0.1, 0.15) is 31.4 Å². The normalized spacial score (nSPS) is 14.2. The Bertz CT molecular complexity index is 1340. The number of nitrogens with zero attached hydrogens (tertiary/aromatic N) is 1. The van der Waals surface area contributed by atoms with Crippen molar-refractivity contribution in [3.63, 3.8) is 0 Å². The maximum atomic E-state index is 13.4. The SMILES string of the molecule is COc1ccc(-c2sc(NC(=O)C3CCCC3)nc2C)cc1S(=O)(=O)Nc1ccc(F)cc1Cl. The Hall–Kier alpha value is -2.69. The van der Waals surface area contributed by atoms with Crippen LogP contribution in [0.15, 0.2) is 41.3 Å². The minimum absolute atomic E-state index is 0.00903. The van der Waals surface area contributed by atoms with Crippen molar-refractivity contribution in [2.45, 2.75) is 37.5 Å². The maximum absolute atomic E-state index is 13.4. The molecule has 1 heterocycles. The lowest BCUT2D eigenvalue weighted by Crippen LogP contribution is -2.20. The van der Waals surface area contributed by atoms with Gasteiger partial charge in [-0.2, -0.15) is 0 Å². The molecule has 0 aliphatic heterocycles. The molecular formula is C23H23ClFN3O4S2. The van der Waals surface area contributed by atoms with Crippen LogP contribution < -0.4 is 14.8 Å². The fraction of sp³-hybridized carbons (Fsp3) is 0.304. The highest BCUT2D eigenvalue weighted by Crippen LogP contribution is 2.38. The number of hydrogen-bond acceptors (Lipinski definition) is 6. The van der Waals surface area contributed by atoms with Crippen LogP contribution in [0.25, 0.3) is 10.4 Å². The summed E-state index contributed by atoms with van der Waals surface area (Å²) in [7, 11) is -2.76. The van der Waals surface area contributed by atoms with E-state index in [-0.39, 0.29) is 33.2 Å². The number of carbonyl (C=O) groups excluding carboxylic acids is 1. The predicted molar refractivity (Wildman–Crippen MR) is 132 cm³/mol. The van der Waals surface area contributed by atoms with Crippen LogP contribution in [0, 0.1) is 18.7 Å². The smallest absolute Gasteiger partial charge is 0.265 e. The molecule has 1 fully saturated rings. The third kappa shape index (κ3) is 5.18. The molecule has 0 radical (unpaired) electrons. The van der Waals surface area contributed by atoms with Crippen molar-refractivity contribution >= 4 is 49.7 Å². The fourth-order valence-electron chi connectivity index (χ4n) is 3.91. The lowest BCUT2D eigenvalue weighted by molar-refractivity contribution is -0.119. The highest BCUT2D eigenvalue weighted by atomic mass is 35.5. The van der Waals surface area contributed by atoms with Gasteiger partial charge in [0.05, 0.1) is 28.4 Å². The van der Waals surface area contributed by atoms with E-state index in [9.17, 15) is 17.6 Å². The molecule has 7 nitrogen and oxygen atoms in total. The van der Waals surface area contributed by atoms with E-state index in [2.05, 4.69) is 15.0 Å². The molecule has 1 amide bonds. The Labute approximate surface area is 206 Å². The molecule has 0 spiro atoms. The van der Waals surface area contributed by atoms with Crippen LogP contribution in [0.3, 0.4) is 0 Å². The first-order chi connectivity index (χ1) is 16.2. The summed E-state index contributed by atoms with van der Waals surface area (Å²) in [6.45, 7) is 1.80. The van der Waals surface area contributed by atoms with Crippen LogP contribution in [-0.2, 0) is 14.8 Å². The molecule has 180 valence electrons. The summed E-state index contributed by atoms with van der Waals surface area (Å²) in [6, 6.07) is 8.13. The first-order valence-corrected chi connectivity index (χ1v) is 13.3. The van der Waals surface area contributed by atoms with Crippen LogP contribution >= 0.6 is 22.9 Å². The van der Waals surface area contributed by atoms with Gasteiger partial charge < -0.3 is 10.1 Å². The first kappa shape index (κ1) is 24.4. The summed E-state index contributed by atoms with van der Waals surface area (Å²) in [5, 5.41) is 3.30. The van der Waals surface area contributed by atoms with Gasteiger partial charge in [0, 0.05) is 5.92 Å². The molecule has 11 heteroatoms. The molecule has 1 aromatic heterocycles. The van der Waals surface area contributed by atoms with Gasteiger partial charge in [0.2, 0.25) is 5.91 Å². The Morgan fingerprint density at radius 2 is 1.94 bits per heavy atom. The molecule has 1 aliphatic rings. The summed E-state index contributed by atoms with van der Waals surface area (Å²) in [4.78, 5) is 17.5. The lowest BCUT2D eigenvalue weighted by atomic mass is 10.1. The monoisotopic (exact) mass is 523 g/mol. The predicted octanol–water partition coefficient (Wildman–Crippen LogP) is 5.85. The second-order valence-corrected chi connectivity index (χ2v) is 11.1. The number of benzene rings is 2. The second-order valence-electron chi connectivity index (χ2n) is 8.00. The molecule has 1 aliphatic carbocycles. The molecule has 2 aromatic carbocycles. The van der Waals surface area contributed by atoms with Crippen molar-refractivity contribution in [3.05, 3.63) is 52.9 Å². The number of carbonyl (C=O) groups is 1. The number of aromatic nitrogens is 1. The van der Waals surface area contributed by atoms with Crippen molar-refractivity contribution in [2.24, 2.45) is 5.92 Å². The second kappa shape index (κ2) is 9.89. The van der Waals surface area contributed by atoms with Crippen molar-refractivity contribution in [1.29, 1.82) is 0 Å². The van der Waals surface area contributed by atoms with E-state index in [1.165, 1.54) is 30.6 Å². The summed E-state index contributed by atoms with van der Waals surface area (Å²) < 4.78 is 47.4. The highest BCUT2D eigenvalue weighted by Gasteiger charge is 2.25. The number of ether oxygens (including phenoxy) is 1. The van der Waals surface area contributed by atoms with Gasteiger partial charge in [-0.3, -0.25) is 9.52 Å². The number of anilines is 2.